The Hall–Kier alpha value is -1.12. The van der Waals surface area contributed by atoms with Crippen LogP contribution in [-0.2, 0) is 19.9 Å². The van der Waals surface area contributed by atoms with Gasteiger partial charge in [0.25, 0.3) is 0 Å². The van der Waals surface area contributed by atoms with E-state index in [1.807, 2.05) is 0 Å². The average Bonchev–Trinajstić information content (AvgIpc) is 2.61. The number of sulfone groups is 1. The van der Waals surface area contributed by atoms with Crippen LogP contribution in [0.3, 0.4) is 0 Å². The van der Waals surface area contributed by atoms with E-state index in [0.717, 1.165) is 0 Å². The molecule has 1 aromatic rings. The number of nitrogen functional groups attached to an aromatic ring is 1. The maximum absolute atomic E-state index is 12.2. The smallest absolute Gasteiger partial charge is 0.241 e. The van der Waals surface area contributed by atoms with Gasteiger partial charge in [0.2, 0.25) is 10.0 Å². The molecule has 3 N–H and O–H groups in total. The molecule has 1 heterocycles. The first kappa shape index (κ1) is 14.3. The summed E-state index contributed by atoms with van der Waals surface area (Å²) in [5, 5.41) is 0. The molecular formula is C11H16N2O4S2. The second-order valence-electron chi connectivity index (χ2n) is 4.69. The van der Waals surface area contributed by atoms with Crippen molar-refractivity contribution in [2.75, 3.05) is 17.2 Å². The molecule has 1 aliphatic rings. The van der Waals surface area contributed by atoms with E-state index in [1.165, 1.54) is 6.07 Å². The minimum absolute atomic E-state index is 0.0239. The molecule has 0 spiro atoms. The highest BCUT2D eigenvalue weighted by molar-refractivity contribution is 7.92. The molecule has 1 unspecified atom stereocenters. The Morgan fingerprint density at radius 3 is 2.63 bits per heavy atom. The highest BCUT2D eigenvalue weighted by Gasteiger charge is 2.31. The Morgan fingerprint density at radius 1 is 1.37 bits per heavy atom. The van der Waals surface area contributed by atoms with E-state index in [2.05, 4.69) is 4.72 Å². The van der Waals surface area contributed by atoms with E-state index in [-0.39, 0.29) is 16.4 Å². The number of nitrogens with one attached hydrogen (secondary N) is 1. The fraction of sp³-hybridized carbons (Fsp3) is 0.455. The lowest BCUT2D eigenvalue weighted by Crippen LogP contribution is -2.36. The van der Waals surface area contributed by atoms with Crippen molar-refractivity contribution >= 4 is 25.5 Å². The monoisotopic (exact) mass is 304 g/mol. The summed E-state index contributed by atoms with van der Waals surface area (Å²) in [5.74, 6) is -0.121. The summed E-state index contributed by atoms with van der Waals surface area (Å²) in [6.07, 6.45) is 0.308. The van der Waals surface area contributed by atoms with Crippen LogP contribution in [0, 0.1) is 6.92 Å². The molecule has 0 aliphatic carbocycles. The molecule has 106 valence electrons. The van der Waals surface area contributed by atoms with E-state index < -0.39 is 25.9 Å². The van der Waals surface area contributed by atoms with E-state index >= 15 is 0 Å². The normalized spacial score (nSPS) is 22.5. The molecule has 19 heavy (non-hydrogen) atoms. The average molecular weight is 304 g/mol. The molecule has 8 heteroatoms. The predicted molar refractivity (Wildman–Crippen MR) is 73.0 cm³/mol. The summed E-state index contributed by atoms with van der Waals surface area (Å²) >= 11 is 0. The van der Waals surface area contributed by atoms with Crippen molar-refractivity contribution in [3.8, 4) is 0 Å². The second-order valence-corrected chi connectivity index (χ2v) is 8.60. The summed E-state index contributed by atoms with van der Waals surface area (Å²) in [4.78, 5) is 0.0943. The van der Waals surface area contributed by atoms with Crippen LogP contribution in [0.15, 0.2) is 23.1 Å². The number of rotatable bonds is 3. The van der Waals surface area contributed by atoms with Crippen LogP contribution in [0.1, 0.15) is 12.0 Å². The zero-order valence-electron chi connectivity index (χ0n) is 10.5. The molecule has 0 aromatic heterocycles. The first-order valence-corrected chi connectivity index (χ1v) is 9.09. The van der Waals surface area contributed by atoms with E-state index in [9.17, 15) is 16.8 Å². The molecule has 1 atom stereocenters. The third-order valence-electron chi connectivity index (χ3n) is 3.17. The van der Waals surface area contributed by atoms with Gasteiger partial charge in [-0.1, -0.05) is 6.07 Å². The van der Waals surface area contributed by atoms with E-state index in [4.69, 9.17) is 5.73 Å². The molecule has 0 radical (unpaired) electrons. The van der Waals surface area contributed by atoms with Gasteiger partial charge >= 0.3 is 0 Å². The Labute approximate surface area is 113 Å². The Bertz CT molecular complexity index is 695. The maximum Gasteiger partial charge on any atom is 0.241 e. The van der Waals surface area contributed by atoms with E-state index in [0.29, 0.717) is 17.7 Å². The van der Waals surface area contributed by atoms with Gasteiger partial charge in [-0.25, -0.2) is 21.6 Å². The molecule has 1 saturated heterocycles. The summed E-state index contributed by atoms with van der Waals surface area (Å²) in [5.41, 5.74) is 6.54. The third kappa shape index (κ3) is 3.07. The van der Waals surface area contributed by atoms with Crippen molar-refractivity contribution in [3.63, 3.8) is 0 Å². The Morgan fingerprint density at radius 2 is 2.05 bits per heavy atom. The molecule has 1 aliphatic heterocycles. The number of anilines is 1. The molecule has 2 rings (SSSR count). The van der Waals surface area contributed by atoms with Crippen LogP contribution in [-0.4, -0.2) is 34.4 Å². The number of hydrogen-bond acceptors (Lipinski definition) is 5. The van der Waals surface area contributed by atoms with Crippen LogP contribution < -0.4 is 10.5 Å². The highest BCUT2D eigenvalue weighted by Crippen LogP contribution is 2.22. The first-order chi connectivity index (χ1) is 8.71. The Kier molecular flexibility index (Phi) is 3.59. The topological polar surface area (TPSA) is 106 Å². The SMILES string of the molecule is Cc1c(N)cccc1S(=O)(=O)NC1CCS(=O)(=O)C1. The van der Waals surface area contributed by atoms with Crippen molar-refractivity contribution in [1.29, 1.82) is 0 Å². The van der Waals surface area contributed by atoms with Crippen molar-refractivity contribution in [1.82, 2.24) is 4.72 Å². The molecule has 0 saturated carbocycles. The van der Waals surface area contributed by atoms with Gasteiger partial charge in [0.1, 0.15) is 0 Å². The van der Waals surface area contributed by atoms with Gasteiger partial charge in [0.15, 0.2) is 9.84 Å². The summed E-state index contributed by atoms with van der Waals surface area (Å²) < 4.78 is 49.5. The number of nitrogens with two attached hydrogens (primary N) is 1. The maximum atomic E-state index is 12.2. The molecular weight excluding hydrogens is 288 g/mol. The van der Waals surface area contributed by atoms with Crippen molar-refractivity contribution < 1.29 is 16.8 Å². The zero-order valence-corrected chi connectivity index (χ0v) is 12.1. The van der Waals surface area contributed by atoms with Crippen LogP contribution in [0.5, 0.6) is 0 Å². The minimum atomic E-state index is -3.74. The van der Waals surface area contributed by atoms with Gasteiger partial charge in [0.05, 0.1) is 16.4 Å². The molecule has 1 aromatic carbocycles. The highest BCUT2D eigenvalue weighted by atomic mass is 32.2. The number of benzene rings is 1. The van der Waals surface area contributed by atoms with E-state index in [1.54, 1.807) is 19.1 Å². The van der Waals surface area contributed by atoms with Crippen LogP contribution in [0.2, 0.25) is 0 Å². The predicted octanol–water partition coefficient (Wildman–Crippen LogP) is 0.0426. The van der Waals surface area contributed by atoms with Gasteiger partial charge in [-0.15, -0.1) is 0 Å². The fourth-order valence-electron chi connectivity index (χ4n) is 2.09. The Balaban J connectivity index is 2.27. The first-order valence-electron chi connectivity index (χ1n) is 5.79. The lowest BCUT2D eigenvalue weighted by Gasteiger charge is -2.14. The number of hydrogen-bond donors (Lipinski definition) is 2. The summed E-state index contributed by atoms with van der Waals surface area (Å²) in [6.45, 7) is 1.62. The van der Waals surface area contributed by atoms with Gasteiger partial charge in [-0.2, -0.15) is 0 Å². The number of sulfonamides is 1. The molecule has 1 fully saturated rings. The largest absolute Gasteiger partial charge is 0.398 e. The lowest BCUT2D eigenvalue weighted by molar-refractivity contribution is 0.562. The van der Waals surface area contributed by atoms with Gasteiger partial charge in [-0.05, 0) is 31.0 Å². The standard InChI is InChI=1S/C11H16N2O4S2/c1-8-10(12)3-2-4-11(8)19(16,17)13-9-5-6-18(14,15)7-9/h2-4,9,13H,5-7,12H2,1H3. The van der Waals surface area contributed by atoms with Crippen LogP contribution in [0.25, 0.3) is 0 Å². The second kappa shape index (κ2) is 4.77. The quantitative estimate of drug-likeness (QED) is 0.767. The molecule has 0 amide bonds. The fourth-order valence-corrected chi connectivity index (χ4v) is 5.42. The minimum Gasteiger partial charge on any atom is -0.398 e. The molecule has 6 nitrogen and oxygen atoms in total. The van der Waals surface area contributed by atoms with Gasteiger partial charge in [-0.3, -0.25) is 0 Å². The van der Waals surface area contributed by atoms with Crippen LogP contribution in [0.4, 0.5) is 5.69 Å². The lowest BCUT2D eigenvalue weighted by atomic mass is 10.2. The zero-order chi connectivity index (χ0) is 14.3. The summed E-state index contributed by atoms with van der Waals surface area (Å²) in [7, 11) is -6.86. The van der Waals surface area contributed by atoms with Crippen LogP contribution >= 0.6 is 0 Å². The molecule has 0 bridgehead atoms. The van der Waals surface area contributed by atoms with Crippen molar-refractivity contribution in [3.05, 3.63) is 23.8 Å². The van der Waals surface area contributed by atoms with Crippen molar-refractivity contribution in [2.45, 2.75) is 24.3 Å². The third-order valence-corrected chi connectivity index (χ3v) is 6.60. The van der Waals surface area contributed by atoms with Gasteiger partial charge in [0, 0.05) is 11.7 Å². The summed E-state index contributed by atoms with van der Waals surface area (Å²) in [6, 6.07) is 4.07. The van der Waals surface area contributed by atoms with Gasteiger partial charge < -0.3 is 5.73 Å². The van der Waals surface area contributed by atoms with Crippen molar-refractivity contribution in [2.24, 2.45) is 0 Å².